The van der Waals surface area contributed by atoms with Crippen LogP contribution in [0.1, 0.15) is 18.1 Å². The van der Waals surface area contributed by atoms with Crippen LogP contribution in [0, 0.1) is 0 Å². The van der Waals surface area contributed by atoms with Crippen molar-refractivity contribution < 1.29 is 10.2 Å². The third-order valence-corrected chi connectivity index (χ3v) is 5.47. The topological polar surface area (TPSA) is 124 Å². The predicted octanol–water partition coefficient (Wildman–Crippen LogP) is 0.377. The van der Waals surface area contributed by atoms with Crippen LogP contribution in [0.15, 0.2) is 38.6 Å². The van der Waals surface area contributed by atoms with E-state index in [-0.39, 0.29) is 35.5 Å². The van der Waals surface area contributed by atoms with E-state index < -0.39 is 28.8 Å². The number of aromatic hydroxyl groups is 1. The molecule has 11 heteroatoms. The van der Waals surface area contributed by atoms with Gasteiger partial charge in [-0.1, -0.05) is 23.7 Å². The number of rotatable bonds is 4. The Bertz CT molecular complexity index is 1510. The highest BCUT2D eigenvalue weighted by Crippen LogP contribution is 2.23. The molecular formula is C20H20ClN5O5. The molecule has 2 N–H and O–H groups in total. The molecule has 1 unspecified atom stereocenters. The van der Waals surface area contributed by atoms with Crippen LogP contribution in [0.4, 0.5) is 0 Å². The molecule has 162 valence electrons. The number of aliphatic hydroxyl groups is 1. The first kappa shape index (κ1) is 20.9. The molecule has 0 aliphatic rings. The fourth-order valence-corrected chi connectivity index (χ4v) is 3.77. The van der Waals surface area contributed by atoms with Crippen molar-refractivity contribution in [1.29, 1.82) is 0 Å². The number of imidazole rings is 1. The van der Waals surface area contributed by atoms with Crippen LogP contribution < -0.4 is 16.8 Å². The first-order valence-corrected chi connectivity index (χ1v) is 9.85. The van der Waals surface area contributed by atoms with Crippen molar-refractivity contribution in [2.45, 2.75) is 26.0 Å². The maximum Gasteiger partial charge on any atom is 0.332 e. The van der Waals surface area contributed by atoms with Crippen LogP contribution in [-0.4, -0.2) is 39.4 Å². The number of aliphatic hydroxyl groups excluding tert-OH is 1. The Labute approximate surface area is 179 Å². The molecule has 0 radical (unpaired) electrons. The number of benzene rings is 1. The average Bonchev–Trinajstić information content (AvgIpc) is 3.13. The number of halogens is 1. The van der Waals surface area contributed by atoms with E-state index in [2.05, 4.69) is 4.98 Å². The summed E-state index contributed by atoms with van der Waals surface area (Å²) >= 11 is 5.95. The van der Waals surface area contributed by atoms with Gasteiger partial charge in [0.15, 0.2) is 11.2 Å². The lowest BCUT2D eigenvalue weighted by molar-refractivity contribution is 0.193. The molecule has 10 nitrogen and oxygen atoms in total. The van der Waals surface area contributed by atoms with Crippen molar-refractivity contribution in [3.8, 4) is 5.88 Å². The monoisotopic (exact) mass is 445 g/mol. The van der Waals surface area contributed by atoms with Gasteiger partial charge in [0, 0.05) is 25.5 Å². The van der Waals surface area contributed by atoms with Gasteiger partial charge in [0.05, 0.1) is 18.2 Å². The Kier molecular flexibility index (Phi) is 4.98. The van der Waals surface area contributed by atoms with E-state index >= 15 is 0 Å². The summed E-state index contributed by atoms with van der Waals surface area (Å²) in [7, 11) is 2.77. The fourth-order valence-electron chi connectivity index (χ4n) is 3.64. The first-order chi connectivity index (χ1) is 14.6. The highest BCUT2D eigenvalue weighted by molar-refractivity contribution is 6.30. The highest BCUT2D eigenvalue weighted by atomic mass is 35.5. The summed E-state index contributed by atoms with van der Waals surface area (Å²) in [6.07, 6.45) is -1.05. The molecule has 0 saturated heterocycles. The van der Waals surface area contributed by atoms with Gasteiger partial charge in [-0.15, -0.1) is 0 Å². The molecule has 1 aromatic carbocycles. The Hall–Kier alpha value is -3.37. The molecular weight excluding hydrogens is 426 g/mol. The smallest absolute Gasteiger partial charge is 0.332 e. The molecule has 0 fully saturated rings. The van der Waals surface area contributed by atoms with E-state index in [4.69, 9.17) is 11.6 Å². The van der Waals surface area contributed by atoms with Gasteiger partial charge < -0.3 is 10.2 Å². The second-order valence-electron chi connectivity index (χ2n) is 7.50. The Balaban J connectivity index is 2.17. The standard InChI is InChI=1S/C20H20ClN5O5/c1-10(27)8-13-16(28)25(9-11-4-6-12(21)7-5-11)19-22-15-14(26(19)17(13)29)18(30)24(3)20(31)23(15)2/h4-7,10,27,29H,8-9H2,1-3H3. The van der Waals surface area contributed by atoms with Crippen LogP contribution in [0.2, 0.25) is 5.02 Å². The molecule has 0 spiro atoms. The minimum absolute atomic E-state index is 0.0000860. The van der Waals surface area contributed by atoms with E-state index in [9.17, 15) is 24.6 Å². The summed E-state index contributed by atoms with van der Waals surface area (Å²) in [5.74, 6) is -0.494. The zero-order valence-corrected chi connectivity index (χ0v) is 17.8. The van der Waals surface area contributed by atoms with Gasteiger partial charge in [-0.05, 0) is 24.6 Å². The molecule has 0 aliphatic heterocycles. The summed E-state index contributed by atoms with van der Waals surface area (Å²) in [4.78, 5) is 42.8. The largest absolute Gasteiger partial charge is 0.494 e. The maximum atomic E-state index is 13.3. The fraction of sp³-hybridized carbons (Fsp3) is 0.300. The van der Waals surface area contributed by atoms with Crippen LogP contribution in [0.25, 0.3) is 16.9 Å². The van der Waals surface area contributed by atoms with Crippen molar-refractivity contribution in [3.63, 3.8) is 0 Å². The van der Waals surface area contributed by atoms with Crippen LogP contribution in [0.5, 0.6) is 5.88 Å². The van der Waals surface area contributed by atoms with Crippen molar-refractivity contribution in [2.24, 2.45) is 14.1 Å². The van der Waals surface area contributed by atoms with Gasteiger partial charge >= 0.3 is 5.69 Å². The molecule has 3 aromatic heterocycles. The van der Waals surface area contributed by atoms with Gasteiger partial charge in [0.2, 0.25) is 11.7 Å². The molecule has 0 aliphatic carbocycles. The molecule has 0 saturated carbocycles. The SMILES string of the molecule is CC(O)Cc1c(O)n2c3c(=O)n(C)c(=O)n(C)c3nc2n(Cc2ccc(Cl)cc2)c1=O. The van der Waals surface area contributed by atoms with E-state index in [1.165, 1.54) is 30.2 Å². The molecule has 4 rings (SSSR count). The number of hydrogen-bond donors (Lipinski definition) is 2. The van der Waals surface area contributed by atoms with E-state index in [1.54, 1.807) is 24.3 Å². The van der Waals surface area contributed by atoms with Crippen LogP contribution >= 0.6 is 11.6 Å². The lowest BCUT2D eigenvalue weighted by atomic mass is 10.1. The second kappa shape index (κ2) is 7.40. The molecule has 31 heavy (non-hydrogen) atoms. The molecule has 0 bridgehead atoms. The number of aromatic nitrogens is 5. The van der Waals surface area contributed by atoms with Crippen LogP contribution in [0.3, 0.4) is 0 Å². The van der Waals surface area contributed by atoms with Gasteiger partial charge in [-0.3, -0.25) is 23.3 Å². The van der Waals surface area contributed by atoms with E-state index in [0.717, 1.165) is 14.5 Å². The molecule has 4 aromatic rings. The summed E-state index contributed by atoms with van der Waals surface area (Å²) in [6, 6.07) is 6.84. The van der Waals surface area contributed by atoms with Crippen molar-refractivity contribution >= 4 is 28.5 Å². The Morgan fingerprint density at radius 1 is 1.06 bits per heavy atom. The van der Waals surface area contributed by atoms with E-state index in [0.29, 0.717) is 5.02 Å². The minimum Gasteiger partial charge on any atom is -0.494 e. The number of aryl methyl sites for hydroxylation is 1. The summed E-state index contributed by atoms with van der Waals surface area (Å²) in [5, 5.41) is 21.3. The second-order valence-corrected chi connectivity index (χ2v) is 7.93. The minimum atomic E-state index is -0.915. The highest BCUT2D eigenvalue weighted by Gasteiger charge is 2.24. The maximum absolute atomic E-state index is 13.3. The van der Waals surface area contributed by atoms with Crippen LogP contribution in [-0.2, 0) is 27.1 Å². The summed E-state index contributed by atoms with van der Waals surface area (Å²) < 4.78 is 4.53. The molecule has 1 atom stereocenters. The summed E-state index contributed by atoms with van der Waals surface area (Å²) in [5.41, 5.74) is -1.16. The quantitative estimate of drug-likeness (QED) is 0.468. The van der Waals surface area contributed by atoms with Crippen molar-refractivity contribution in [3.05, 3.63) is 71.6 Å². The molecule has 3 heterocycles. The number of fused-ring (bicyclic) bond motifs is 3. The lowest BCUT2D eigenvalue weighted by Gasteiger charge is -2.14. The van der Waals surface area contributed by atoms with Crippen molar-refractivity contribution in [1.82, 2.24) is 23.1 Å². The number of nitrogens with zero attached hydrogens (tertiary/aromatic N) is 5. The van der Waals surface area contributed by atoms with Gasteiger partial charge in [0.25, 0.3) is 11.1 Å². The Morgan fingerprint density at radius 2 is 1.71 bits per heavy atom. The van der Waals surface area contributed by atoms with Gasteiger partial charge in [0.1, 0.15) is 0 Å². The zero-order chi connectivity index (χ0) is 22.6. The normalized spacial score (nSPS) is 12.7. The first-order valence-electron chi connectivity index (χ1n) is 9.47. The third-order valence-electron chi connectivity index (χ3n) is 5.22. The van der Waals surface area contributed by atoms with Gasteiger partial charge in [-0.25, -0.2) is 9.20 Å². The molecule has 0 amide bonds. The Morgan fingerprint density at radius 3 is 2.32 bits per heavy atom. The average molecular weight is 446 g/mol. The van der Waals surface area contributed by atoms with Gasteiger partial charge in [-0.2, -0.15) is 4.98 Å². The van der Waals surface area contributed by atoms with E-state index in [1.807, 2.05) is 0 Å². The summed E-state index contributed by atoms with van der Waals surface area (Å²) in [6.45, 7) is 1.56. The van der Waals surface area contributed by atoms with Crippen molar-refractivity contribution in [2.75, 3.05) is 0 Å². The number of hydrogen-bond acceptors (Lipinski definition) is 6. The zero-order valence-electron chi connectivity index (χ0n) is 17.0. The predicted molar refractivity (Wildman–Crippen MR) is 115 cm³/mol. The third kappa shape index (κ3) is 3.24. The lowest BCUT2D eigenvalue weighted by Crippen LogP contribution is -2.37.